The van der Waals surface area contributed by atoms with E-state index in [4.69, 9.17) is 0 Å². The number of benzene rings is 2. The molecule has 146 valence electrons. The van der Waals surface area contributed by atoms with Gasteiger partial charge in [0.1, 0.15) is 11.9 Å². The van der Waals surface area contributed by atoms with E-state index in [1.807, 2.05) is 26.0 Å². The van der Waals surface area contributed by atoms with Gasteiger partial charge in [0, 0.05) is 23.6 Å². The van der Waals surface area contributed by atoms with Crippen LogP contribution < -0.4 is 5.32 Å². The van der Waals surface area contributed by atoms with Crippen LogP contribution in [0.5, 0.6) is 0 Å². The first-order valence-electron chi connectivity index (χ1n) is 9.35. The molecular formula is C22H20N4O3. The molecule has 1 aliphatic rings. The molecule has 0 fully saturated rings. The second-order valence-corrected chi connectivity index (χ2v) is 7.22. The zero-order chi connectivity index (χ0) is 20.5. The van der Waals surface area contributed by atoms with Crippen LogP contribution in [0, 0.1) is 5.92 Å². The summed E-state index contributed by atoms with van der Waals surface area (Å²) in [7, 11) is 0. The molecule has 1 atom stereocenters. The van der Waals surface area contributed by atoms with E-state index in [0.717, 1.165) is 16.3 Å². The predicted molar refractivity (Wildman–Crippen MR) is 108 cm³/mol. The molecule has 2 aromatic carbocycles. The minimum absolute atomic E-state index is 0.250. The molecule has 3 amide bonds. The molecule has 3 aromatic rings. The van der Waals surface area contributed by atoms with E-state index >= 15 is 0 Å². The van der Waals surface area contributed by atoms with E-state index in [9.17, 15) is 14.4 Å². The summed E-state index contributed by atoms with van der Waals surface area (Å²) in [6, 6.07) is 12.9. The van der Waals surface area contributed by atoms with Gasteiger partial charge in [-0.05, 0) is 42.3 Å². The molecule has 0 spiro atoms. The zero-order valence-corrected chi connectivity index (χ0v) is 16.0. The van der Waals surface area contributed by atoms with Gasteiger partial charge in [-0.3, -0.25) is 19.3 Å². The maximum Gasteiger partial charge on any atom is 0.262 e. The summed E-state index contributed by atoms with van der Waals surface area (Å²) in [5, 5.41) is 2.82. The Morgan fingerprint density at radius 2 is 1.62 bits per heavy atom. The Bertz CT molecular complexity index is 1040. The number of imidazole rings is 1. The molecule has 1 aromatic heterocycles. The Kier molecular flexibility index (Phi) is 4.72. The second kappa shape index (κ2) is 7.35. The van der Waals surface area contributed by atoms with Crippen molar-refractivity contribution in [2.24, 2.45) is 5.92 Å². The summed E-state index contributed by atoms with van der Waals surface area (Å²) in [6.45, 7) is 3.63. The number of aromatic amines is 1. The van der Waals surface area contributed by atoms with E-state index in [0.29, 0.717) is 16.8 Å². The highest BCUT2D eigenvalue weighted by Crippen LogP contribution is 2.28. The van der Waals surface area contributed by atoms with Gasteiger partial charge in [-0.2, -0.15) is 0 Å². The summed E-state index contributed by atoms with van der Waals surface area (Å²) < 4.78 is 0. The minimum atomic E-state index is -0.910. The average Bonchev–Trinajstić information content (AvgIpc) is 3.33. The summed E-state index contributed by atoms with van der Waals surface area (Å²) in [5.74, 6) is -0.797. The van der Waals surface area contributed by atoms with Crippen LogP contribution in [0.1, 0.15) is 34.6 Å². The molecule has 0 saturated heterocycles. The quantitative estimate of drug-likeness (QED) is 0.656. The molecule has 1 aliphatic heterocycles. The number of rotatable bonds is 5. The van der Waals surface area contributed by atoms with Crippen molar-refractivity contribution in [3.05, 3.63) is 72.1 Å². The third kappa shape index (κ3) is 3.31. The molecule has 7 heteroatoms. The highest BCUT2D eigenvalue weighted by Gasteiger charge is 2.43. The maximum atomic E-state index is 13.0. The van der Waals surface area contributed by atoms with Crippen LogP contribution in [0.25, 0.3) is 11.4 Å². The van der Waals surface area contributed by atoms with Crippen molar-refractivity contribution in [3.63, 3.8) is 0 Å². The molecule has 29 heavy (non-hydrogen) atoms. The maximum absolute atomic E-state index is 13.0. The van der Waals surface area contributed by atoms with Crippen molar-refractivity contribution in [1.29, 1.82) is 0 Å². The second-order valence-electron chi connectivity index (χ2n) is 7.22. The molecule has 2 heterocycles. The SMILES string of the molecule is CC(C)C(C(=O)Nc1ccc(-c2ncc[nH]2)cc1)N1C(=O)c2ccccc2C1=O. The third-order valence-corrected chi connectivity index (χ3v) is 4.93. The fourth-order valence-corrected chi connectivity index (χ4v) is 3.53. The Labute approximate surface area is 167 Å². The van der Waals surface area contributed by atoms with Gasteiger partial charge in [-0.1, -0.05) is 26.0 Å². The number of fused-ring (bicyclic) bond motifs is 1. The van der Waals surface area contributed by atoms with Crippen molar-refractivity contribution in [3.8, 4) is 11.4 Å². The van der Waals surface area contributed by atoms with Gasteiger partial charge >= 0.3 is 0 Å². The van der Waals surface area contributed by atoms with Gasteiger partial charge in [-0.25, -0.2) is 4.98 Å². The Morgan fingerprint density at radius 3 is 2.14 bits per heavy atom. The van der Waals surface area contributed by atoms with Gasteiger partial charge in [-0.15, -0.1) is 0 Å². The van der Waals surface area contributed by atoms with Crippen LogP contribution in [-0.2, 0) is 4.79 Å². The first-order valence-corrected chi connectivity index (χ1v) is 9.35. The molecular weight excluding hydrogens is 368 g/mol. The Morgan fingerprint density at radius 1 is 1.00 bits per heavy atom. The van der Waals surface area contributed by atoms with Crippen LogP contribution in [0.3, 0.4) is 0 Å². The standard InChI is InChI=1S/C22H20N4O3/c1-13(2)18(26-21(28)16-5-3-4-6-17(16)22(26)29)20(27)25-15-9-7-14(8-10-15)19-23-11-12-24-19/h3-13,18H,1-2H3,(H,23,24)(H,25,27). The van der Waals surface area contributed by atoms with Crippen LogP contribution in [0.4, 0.5) is 5.69 Å². The molecule has 7 nitrogen and oxygen atoms in total. The lowest BCUT2D eigenvalue weighted by Crippen LogP contribution is -2.50. The van der Waals surface area contributed by atoms with Gasteiger partial charge in [0.25, 0.3) is 11.8 Å². The number of hydrogen-bond donors (Lipinski definition) is 2. The third-order valence-electron chi connectivity index (χ3n) is 4.93. The fourth-order valence-electron chi connectivity index (χ4n) is 3.53. The molecule has 0 saturated carbocycles. The first-order chi connectivity index (χ1) is 14.0. The number of carbonyl (C=O) groups is 3. The molecule has 0 bridgehead atoms. The number of amides is 3. The average molecular weight is 388 g/mol. The van der Waals surface area contributed by atoms with Crippen molar-refractivity contribution in [2.45, 2.75) is 19.9 Å². The molecule has 0 aliphatic carbocycles. The summed E-state index contributed by atoms with van der Waals surface area (Å²) in [6.07, 6.45) is 3.40. The number of anilines is 1. The lowest BCUT2D eigenvalue weighted by Gasteiger charge is -2.28. The summed E-state index contributed by atoms with van der Waals surface area (Å²) in [4.78, 5) is 46.9. The first kappa shape index (κ1) is 18.6. The van der Waals surface area contributed by atoms with Gasteiger partial charge in [0.05, 0.1) is 11.1 Å². The van der Waals surface area contributed by atoms with E-state index in [-0.39, 0.29) is 5.92 Å². The van der Waals surface area contributed by atoms with E-state index < -0.39 is 23.8 Å². The van der Waals surface area contributed by atoms with Crippen molar-refractivity contribution >= 4 is 23.4 Å². The van der Waals surface area contributed by atoms with Crippen LogP contribution >= 0.6 is 0 Å². The Balaban J connectivity index is 1.56. The molecule has 2 N–H and O–H groups in total. The van der Waals surface area contributed by atoms with Crippen molar-refractivity contribution in [2.75, 3.05) is 5.32 Å². The molecule has 4 rings (SSSR count). The lowest BCUT2D eigenvalue weighted by atomic mass is 10.0. The number of aromatic nitrogens is 2. The summed E-state index contributed by atoms with van der Waals surface area (Å²) >= 11 is 0. The number of imide groups is 1. The van der Waals surface area contributed by atoms with Gasteiger partial charge < -0.3 is 10.3 Å². The largest absolute Gasteiger partial charge is 0.345 e. The van der Waals surface area contributed by atoms with Crippen molar-refractivity contribution < 1.29 is 14.4 Å². The summed E-state index contributed by atoms with van der Waals surface area (Å²) in [5.41, 5.74) is 2.12. The predicted octanol–water partition coefficient (Wildman–Crippen LogP) is 3.34. The number of carbonyl (C=O) groups excluding carboxylic acids is 3. The fraction of sp³-hybridized carbons (Fsp3) is 0.182. The normalized spacial score (nSPS) is 14.2. The number of nitrogens with one attached hydrogen (secondary N) is 2. The van der Waals surface area contributed by atoms with E-state index in [2.05, 4.69) is 15.3 Å². The van der Waals surface area contributed by atoms with Gasteiger partial charge in [0.15, 0.2) is 0 Å². The number of nitrogens with zero attached hydrogens (tertiary/aromatic N) is 2. The van der Waals surface area contributed by atoms with Crippen molar-refractivity contribution in [1.82, 2.24) is 14.9 Å². The van der Waals surface area contributed by atoms with E-state index in [1.165, 1.54) is 0 Å². The monoisotopic (exact) mass is 388 g/mol. The highest BCUT2D eigenvalue weighted by molar-refractivity contribution is 6.23. The number of H-pyrrole nitrogens is 1. The minimum Gasteiger partial charge on any atom is -0.345 e. The zero-order valence-electron chi connectivity index (χ0n) is 16.0. The Hall–Kier alpha value is -3.74. The molecule has 0 radical (unpaired) electrons. The molecule has 1 unspecified atom stereocenters. The van der Waals surface area contributed by atoms with Crippen LogP contribution in [0.15, 0.2) is 60.9 Å². The topological polar surface area (TPSA) is 95.2 Å². The van der Waals surface area contributed by atoms with E-state index in [1.54, 1.807) is 48.8 Å². The smallest absolute Gasteiger partial charge is 0.262 e. The van der Waals surface area contributed by atoms with Crippen LogP contribution in [0.2, 0.25) is 0 Å². The highest BCUT2D eigenvalue weighted by atomic mass is 16.2. The number of hydrogen-bond acceptors (Lipinski definition) is 4. The van der Waals surface area contributed by atoms with Gasteiger partial charge in [0.2, 0.25) is 5.91 Å². The lowest BCUT2D eigenvalue weighted by molar-refractivity contribution is -0.121. The van der Waals surface area contributed by atoms with Crippen LogP contribution in [-0.4, -0.2) is 38.6 Å².